The molecule has 0 aliphatic heterocycles. The number of rotatable bonds is 42. The molecule has 3 atom stereocenters. The zero-order chi connectivity index (χ0) is 43.3. The van der Waals surface area contributed by atoms with Crippen LogP contribution in [0.2, 0.25) is 0 Å². The number of carbonyl (C=O) groups is 2. The Morgan fingerprint density at radius 1 is 0.542 bits per heavy atom. The van der Waals surface area contributed by atoms with Gasteiger partial charge in [-0.3, -0.25) is 18.6 Å². The average Bonchev–Trinajstić information content (AvgIpc) is 3.21. The predicted molar refractivity (Wildman–Crippen MR) is 244 cm³/mol. The number of allylic oxidation sites excluding steroid dienone is 14. The van der Waals surface area contributed by atoms with Crippen molar-refractivity contribution in [2.45, 2.75) is 180 Å². The standard InChI is InChI=1S/C48H82NO9P/c1-3-5-7-9-11-13-15-17-19-20-21-22-23-24-25-26-27-28-30-32-34-36-38-40-47(50)58-45(43-56-59(53,54)57-44-46(49)48(51)52)42-55-41-39-37-35-33-31-29-18-16-14-12-10-8-6-4-2/h5-8,11-14,17-19,21-22,29,45-46H,3-4,9-10,15-16,20,23-28,30-44,49H2,1-2H3,(H,51,52)(H,53,54)/b7-5-,8-6-,13-11-,14-12-,19-17-,22-21-,29-18-. The molecule has 0 aromatic carbocycles. The van der Waals surface area contributed by atoms with Gasteiger partial charge in [-0.2, -0.15) is 0 Å². The van der Waals surface area contributed by atoms with Gasteiger partial charge in [0.1, 0.15) is 12.1 Å². The van der Waals surface area contributed by atoms with Gasteiger partial charge in [0.2, 0.25) is 0 Å². The van der Waals surface area contributed by atoms with Gasteiger partial charge in [0, 0.05) is 13.0 Å². The van der Waals surface area contributed by atoms with Crippen LogP contribution in [0.5, 0.6) is 0 Å². The average molecular weight is 848 g/mol. The number of hydrogen-bond acceptors (Lipinski definition) is 8. The van der Waals surface area contributed by atoms with Crippen molar-refractivity contribution >= 4 is 19.8 Å². The molecule has 0 aliphatic carbocycles. The van der Waals surface area contributed by atoms with Crippen LogP contribution < -0.4 is 5.73 Å². The summed E-state index contributed by atoms with van der Waals surface area (Å²) in [5.74, 6) is -1.80. The molecule has 0 saturated heterocycles. The van der Waals surface area contributed by atoms with Crippen molar-refractivity contribution in [1.29, 1.82) is 0 Å². The summed E-state index contributed by atoms with van der Waals surface area (Å²) >= 11 is 0. The molecule has 0 spiro atoms. The van der Waals surface area contributed by atoms with E-state index in [9.17, 15) is 19.0 Å². The van der Waals surface area contributed by atoms with E-state index in [1.54, 1.807) is 0 Å². The molecule has 0 saturated carbocycles. The summed E-state index contributed by atoms with van der Waals surface area (Å²) in [6.45, 7) is 3.58. The number of unbranched alkanes of at least 4 members (excludes halogenated alkanes) is 14. The summed E-state index contributed by atoms with van der Waals surface area (Å²) in [7, 11) is -4.63. The third-order valence-corrected chi connectivity index (χ3v) is 10.1. The lowest BCUT2D eigenvalue weighted by Gasteiger charge is -2.20. The van der Waals surface area contributed by atoms with E-state index in [1.807, 2.05) is 0 Å². The Morgan fingerprint density at radius 3 is 1.39 bits per heavy atom. The number of carboxylic acid groups (broad SMARTS) is 1. The van der Waals surface area contributed by atoms with Crippen LogP contribution in [0, 0.1) is 0 Å². The Balaban J connectivity index is 4.22. The number of esters is 1. The summed E-state index contributed by atoms with van der Waals surface area (Å²) < 4.78 is 33.3. The van der Waals surface area contributed by atoms with E-state index < -0.39 is 45.1 Å². The molecule has 0 aromatic heterocycles. The monoisotopic (exact) mass is 848 g/mol. The topological polar surface area (TPSA) is 155 Å². The van der Waals surface area contributed by atoms with Crippen molar-refractivity contribution in [2.75, 3.05) is 26.4 Å². The molecule has 0 heterocycles. The Labute approximate surface area is 358 Å². The number of phosphoric ester groups is 1. The van der Waals surface area contributed by atoms with Gasteiger partial charge in [0.25, 0.3) is 0 Å². The molecule has 0 fully saturated rings. The number of hydrogen-bond donors (Lipinski definition) is 3. The number of aliphatic carboxylic acids is 1. The van der Waals surface area contributed by atoms with Gasteiger partial charge >= 0.3 is 19.8 Å². The Kier molecular flexibility index (Phi) is 41.2. The van der Waals surface area contributed by atoms with Gasteiger partial charge in [-0.05, 0) is 83.5 Å². The minimum atomic E-state index is -4.63. The zero-order valence-corrected chi connectivity index (χ0v) is 37.7. The summed E-state index contributed by atoms with van der Waals surface area (Å²) in [5, 5.41) is 8.90. The van der Waals surface area contributed by atoms with Crippen molar-refractivity contribution in [2.24, 2.45) is 5.73 Å². The number of carboxylic acids is 1. The van der Waals surface area contributed by atoms with E-state index in [4.69, 9.17) is 29.4 Å². The summed E-state index contributed by atoms with van der Waals surface area (Å²) in [6.07, 6.45) is 55.0. The van der Waals surface area contributed by atoms with E-state index in [0.717, 1.165) is 103 Å². The quantitative estimate of drug-likeness (QED) is 0.0234. The molecule has 10 nitrogen and oxygen atoms in total. The largest absolute Gasteiger partial charge is 0.480 e. The minimum Gasteiger partial charge on any atom is -0.480 e. The van der Waals surface area contributed by atoms with Gasteiger partial charge < -0.3 is 25.2 Å². The van der Waals surface area contributed by atoms with Crippen molar-refractivity contribution in [3.05, 3.63) is 85.1 Å². The van der Waals surface area contributed by atoms with Gasteiger partial charge in [-0.15, -0.1) is 0 Å². The van der Waals surface area contributed by atoms with Crippen molar-refractivity contribution in [1.82, 2.24) is 0 Å². The third kappa shape index (κ3) is 43.1. The first-order chi connectivity index (χ1) is 28.7. The highest BCUT2D eigenvalue weighted by atomic mass is 31.2. The van der Waals surface area contributed by atoms with Crippen LogP contribution in [-0.4, -0.2) is 60.5 Å². The first kappa shape index (κ1) is 56.1. The lowest BCUT2D eigenvalue weighted by molar-refractivity contribution is -0.154. The highest BCUT2D eigenvalue weighted by Gasteiger charge is 2.27. The van der Waals surface area contributed by atoms with Gasteiger partial charge in [-0.25, -0.2) is 4.57 Å². The van der Waals surface area contributed by atoms with Crippen LogP contribution >= 0.6 is 7.82 Å². The fraction of sp³-hybridized carbons (Fsp3) is 0.667. The van der Waals surface area contributed by atoms with Crippen LogP contribution in [0.4, 0.5) is 0 Å². The van der Waals surface area contributed by atoms with Crippen molar-refractivity contribution < 1.29 is 42.7 Å². The molecule has 0 amide bonds. The molecule has 0 radical (unpaired) electrons. The molecule has 0 aromatic rings. The second kappa shape index (κ2) is 43.2. The van der Waals surface area contributed by atoms with E-state index in [0.29, 0.717) is 13.0 Å². The fourth-order valence-corrected chi connectivity index (χ4v) is 6.50. The number of carbonyl (C=O) groups excluding carboxylic acids is 1. The van der Waals surface area contributed by atoms with E-state index >= 15 is 0 Å². The molecule has 0 rings (SSSR count). The first-order valence-corrected chi connectivity index (χ1v) is 24.1. The predicted octanol–water partition coefficient (Wildman–Crippen LogP) is 12.8. The maximum Gasteiger partial charge on any atom is 0.472 e. The van der Waals surface area contributed by atoms with Crippen LogP contribution in [-0.2, 0) is 32.7 Å². The maximum absolute atomic E-state index is 12.7. The summed E-state index contributed by atoms with van der Waals surface area (Å²) in [5.41, 5.74) is 5.36. The molecular weight excluding hydrogens is 766 g/mol. The Morgan fingerprint density at radius 2 is 0.932 bits per heavy atom. The van der Waals surface area contributed by atoms with Crippen LogP contribution in [0.25, 0.3) is 0 Å². The number of phosphoric acid groups is 1. The van der Waals surface area contributed by atoms with Gasteiger partial charge in [0.15, 0.2) is 0 Å². The number of ether oxygens (including phenoxy) is 2. The van der Waals surface area contributed by atoms with Crippen molar-refractivity contribution in [3.8, 4) is 0 Å². The lowest BCUT2D eigenvalue weighted by atomic mass is 10.0. The smallest absolute Gasteiger partial charge is 0.472 e. The third-order valence-electron chi connectivity index (χ3n) is 9.17. The second-order valence-corrected chi connectivity index (χ2v) is 16.2. The Bertz CT molecular complexity index is 1260. The second-order valence-electron chi connectivity index (χ2n) is 14.8. The highest BCUT2D eigenvalue weighted by Crippen LogP contribution is 2.43. The first-order valence-electron chi connectivity index (χ1n) is 22.6. The molecule has 4 N–H and O–H groups in total. The van der Waals surface area contributed by atoms with Gasteiger partial charge in [-0.1, -0.05) is 163 Å². The lowest BCUT2D eigenvalue weighted by Crippen LogP contribution is -2.34. The zero-order valence-electron chi connectivity index (χ0n) is 36.8. The molecule has 59 heavy (non-hydrogen) atoms. The van der Waals surface area contributed by atoms with Crippen LogP contribution in [0.1, 0.15) is 168 Å². The van der Waals surface area contributed by atoms with Crippen LogP contribution in [0.15, 0.2) is 85.1 Å². The maximum atomic E-state index is 12.7. The summed E-state index contributed by atoms with van der Waals surface area (Å²) in [6, 6.07) is -1.48. The summed E-state index contributed by atoms with van der Waals surface area (Å²) in [4.78, 5) is 33.6. The molecular formula is C48H82NO9P. The SMILES string of the molecule is CC/C=C\C/C=C\C/C=C\C/C=C\CCCCCCCCCCCCC(=O)OC(COCCCCCC/C=C\C/C=C\C/C=C\CC)COP(=O)(O)OCC(N)C(=O)O. The molecule has 338 valence electrons. The van der Waals surface area contributed by atoms with E-state index in [-0.39, 0.29) is 13.0 Å². The molecule has 3 unspecified atom stereocenters. The Hall–Kier alpha value is -2.85. The van der Waals surface area contributed by atoms with E-state index in [2.05, 4.69) is 98.9 Å². The highest BCUT2D eigenvalue weighted by molar-refractivity contribution is 7.47. The van der Waals surface area contributed by atoms with E-state index in [1.165, 1.54) is 38.5 Å². The molecule has 0 aliphatic rings. The molecule has 11 heteroatoms. The van der Waals surface area contributed by atoms with Crippen LogP contribution in [0.3, 0.4) is 0 Å². The minimum absolute atomic E-state index is 0.00466. The molecule has 0 bridgehead atoms. The fourth-order valence-electron chi connectivity index (χ4n) is 5.73. The van der Waals surface area contributed by atoms with Crippen molar-refractivity contribution in [3.63, 3.8) is 0 Å². The number of nitrogens with two attached hydrogens (primary N) is 1. The van der Waals surface area contributed by atoms with Gasteiger partial charge in [0.05, 0.1) is 19.8 Å². The normalized spacial score (nSPS) is 14.6.